The van der Waals surface area contributed by atoms with E-state index in [1.165, 1.54) is 12.1 Å². The first kappa shape index (κ1) is 11.8. The first-order chi connectivity index (χ1) is 7.11. The highest BCUT2D eigenvalue weighted by Crippen LogP contribution is 2.07. The van der Waals surface area contributed by atoms with Gasteiger partial charge in [0.1, 0.15) is 11.6 Å². The van der Waals surface area contributed by atoms with Crippen molar-refractivity contribution in [2.45, 2.75) is 6.42 Å². The Bertz CT molecular complexity index is 335. The maximum atomic E-state index is 12.8. The summed E-state index contributed by atoms with van der Waals surface area (Å²) in [6.45, 7) is 0.544. The number of halogens is 2. The summed E-state index contributed by atoms with van der Waals surface area (Å²) in [4.78, 5) is 0. The zero-order chi connectivity index (χ0) is 11.3. The van der Waals surface area contributed by atoms with Crippen molar-refractivity contribution in [3.8, 4) is 0 Å². The lowest BCUT2D eigenvalue weighted by Crippen LogP contribution is -2.33. The van der Waals surface area contributed by atoms with Crippen molar-refractivity contribution in [1.29, 1.82) is 0 Å². The van der Waals surface area contributed by atoms with Gasteiger partial charge in [0.2, 0.25) is 0 Å². The Kier molecular flexibility index (Phi) is 4.42. The zero-order valence-corrected chi connectivity index (χ0v) is 9.13. The number of nitrogens with one attached hydrogen (secondary N) is 2. The minimum atomic E-state index is -0.554. The van der Waals surface area contributed by atoms with E-state index in [0.29, 0.717) is 23.6 Å². The van der Waals surface area contributed by atoms with Crippen molar-refractivity contribution >= 4 is 17.3 Å². The Morgan fingerprint density at radius 3 is 2.40 bits per heavy atom. The average molecular weight is 230 g/mol. The van der Waals surface area contributed by atoms with Crippen LogP contribution >= 0.6 is 12.2 Å². The average Bonchev–Trinajstić information content (AvgIpc) is 2.16. The van der Waals surface area contributed by atoms with Crippen molar-refractivity contribution in [1.82, 2.24) is 10.6 Å². The fourth-order valence-corrected chi connectivity index (χ4v) is 1.27. The Morgan fingerprint density at radius 2 is 1.87 bits per heavy atom. The second kappa shape index (κ2) is 5.60. The molecule has 0 aliphatic heterocycles. The van der Waals surface area contributed by atoms with Gasteiger partial charge in [0.15, 0.2) is 5.11 Å². The van der Waals surface area contributed by atoms with Crippen LogP contribution in [0.2, 0.25) is 0 Å². The molecule has 0 spiro atoms. The molecule has 82 valence electrons. The molecule has 0 unspecified atom stereocenters. The quantitative estimate of drug-likeness (QED) is 0.771. The predicted octanol–water partition coefficient (Wildman–Crippen LogP) is 1.60. The lowest BCUT2D eigenvalue weighted by Gasteiger charge is -2.06. The number of hydrogen-bond donors (Lipinski definition) is 2. The molecule has 0 radical (unpaired) electrons. The van der Waals surface area contributed by atoms with Crippen LogP contribution in [0.1, 0.15) is 5.56 Å². The van der Waals surface area contributed by atoms with Gasteiger partial charge >= 0.3 is 0 Å². The fourth-order valence-electron chi connectivity index (χ4n) is 1.16. The summed E-state index contributed by atoms with van der Waals surface area (Å²) in [5.41, 5.74) is 0.610. The van der Waals surface area contributed by atoms with Crippen LogP contribution in [0.25, 0.3) is 0 Å². The first-order valence-corrected chi connectivity index (χ1v) is 4.93. The molecule has 2 N–H and O–H groups in total. The molecule has 0 aliphatic carbocycles. The summed E-state index contributed by atoms with van der Waals surface area (Å²) < 4.78 is 25.6. The molecule has 0 heterocycles. The van der Waals surface area contributed by atoms with Gasteiger partial charge in [-0.1, -0.05) is 0 Å². The molecule has 0 fully saturated rings. The molecular weight excluding hydrogens is 218 g/mol. The number of thiocarbonyl (C=S) groups is 1. The molecule has 1 aromatic rings. The Morgan fingerprint density at radius 1 is 1.27 bits per heavy atom. The van der Waals surface area contributed by atoms with Gasteiger partial charge in [-0.25, -0.2) is 8.78 Å². The molecule has 1 rings (SSSR count). The van der Waals surface area contributed by atoms with Crippen LogP contribution in [-0.2, 0) is 6.42 Å². The van der Waals surface area contributed by atoms with Gasteiger partial charge in [-0.2, -0.15) is 0 Å². The molecule has 2 nitrogen and oxygen atoms in total. The van der Waals surface area contributed by atoms with Gasteiger partial charge in [-0.3, -0.25) is 0 Å². The van der Waals surface area contributed by atoms with E-state index < -0.39 is 11.6 Å². The number of benzene rings is 1. The maximum Gasteiger partial charge on any atom is 0.166 e. The molecular formula is C10H12F2N2S. The van der Waals surface area contributed by atoms with E-state index in [9.17, 15) is 8.78 Å². The summed E-state index contributed by atoms with van der Waals surface area (Å²) in [5.74, 6) is -1.11. The van der Waals surface area contributed by atoms with Crippen molar-refractivity contribution < 1.29 is 8.78 Å². The normalized spacial score (nSPS) is 9.80. The van der Waals surface area contributed by atoms with Crippen molar-refractivity contribution in [3.05, 3.63) is 35.4 Å². The van der Waals surface area contributed by atoms with Crippen molar-refractivity contribution in [2.24, 2.45) is 0 Å². The SMILES string of the molecule is CNC(=S)NCCc1cc(F)cc(F)c1. The number of rotatable bonds is 3. The van der Waals surface area contributed by atoms with Crippen LogP contribution in [0.5, 0.6) is 0 Å². The molecule has 0 saturated carbocycles. The van der Waals surface area contributed by atoms with E-state index in [-0.39, 0.29) is 0 Å². The molecule has 0 bridgehead atoms. The maximum absolute atomic E-state index is 12.8. The van der Waals surface area contributed by atoms with Gasteiger partial charge in [0.05, 0.1) is 0 Å². The first-order valence-electron chi connectivity index (χ1n) is 4.52. The lowest BCUT2D eigenvalue weighted by atomic mass is 10.1. The van der Waals surface area contributed by atoms with Gasteiger partial charge in [0.25, 0.3) is 0 Å². The minimum Gasteiger partial charge on any atom is -0.366 e. The van der Waals surface area contributed by atoms with Crippen LogP contribution in [0.3, 0.4) is 0 Å². The third kappa shape index (κ3) is 4.20. The monoisotopic (exact) mass is 230 g/mol. The van der Waals surface area contributed by atoms with E-state index in [4.69, 9.17) is 12.2 Å². The highest BCUT2D eigenvalue weighted by molar-refractivity contribution is 7.80. The minimum absolute atomic E-state index is 0.520. The topological polar surface area (TPSA) is 24.1 Å². The van der Waals surface area contributed by atoms with E-state index in [1.54, 1.807) is 7.05 Å². The van der Waals surface area contributed by atoms with Crippen molar-refractivity contribution in [3.63, 3.8) is 0 Å². The van der Waals surface area contributed by atoms with E-state index in [2.05, 4.69) is 10.6 Å². The molecule has 5 heteroatoms. The number of hydrogen-bond acceptors (Lipinski definition) is 1. The molecule has 0 aromatic heterocycles. The van der Waals surface area contributed by atoms with Crippen LogP contribution in [0.15, 0.2) is 18.2 Å². The van der Waals surface area contributed by atoms with E-state index in [1.807, 2.05) is 0 Å². The lowest BCUT2D eigenvalue weighted by molar-refractivity contribution is 0.579. The van der Waals surface area contributed by atoms with Crippen LogP contribution in [0.4, 0.5) is 8.78 Å². The fraction of sp³-hybridized carbons (Fsp3) is 0.300. The summed E-state index contributed by atoms with van der Waals surface area (Å²) in [5, 5.41) is 6.16. The van der Waals surface area contributed by atoms with Gasteiger partial charge in [-0.15, -0.1) is 0 Å². The molecule has 0 amide bonds. The van der Waals surface area contributed by atoms with Crippen molar-refractivity contribution in [2.75, 3.05) is 13.6 Å². The highest BCUT2D eigenvalue weighted by Gasteiger charge is 2.00. The smallest absolute Gasteiger partial charge is 0.166 e. The van der Waals surface area contributed by atoms with Gasteiger partial charge < -0.3 is 10.6 Å². The summed E-state index contributed by atoms with van der Waals surface area (Å²) >= 11 is 4.85. The van der Waals surface area contributed by atoms with Crippen LogP contribution in [-0.4, -0.2) is 18.7 Å². The standard InChI is InChI=1S/C10H12F2N2S/c1-13-10(15)14-3-2-7-4-8(11)6-9(12)5-7/h4-6H,2-3H2,1H3,(H2,13,14,15). The molecule has 0 saturated heterocycles. The van der Waals surface area contributed by atoms with E-state index in [0.717, 1.165) is 6.07 Å². The second-order valence-corrected chi connectivity index (χ2v) is 3.44. The van der Waals surface area contributed by atoms with Crippen LogP contribution in [0, 0.1) is 11.6 Å². The third-order valence-electron chi connectivity index (χ3n) is 1.85. The second-order valence-electron chi connectivity index (χ2n) is 3.03. The Labute approximate surface area is 92.7 Å². The van der Waals surface area contributed by atoms with Gasteiger partial charge in [0, 0.05) is 19.7 Å². The largest absolute Gasteiger partial charge is 0.366 e. The Balaban J connectivity index is 2.47. The molecule has 0 atom stereocenters. The van der Waals surface area contributed by atoms with Gasteiger partial charge in [-0.05, 0) is 36.3 Å². The molecule has 1 aromatic carbocycles. The molecule has 15 heavy (non-hydrogen) atoms. The zero-order valence-electron chi connectivity index (χ0n) is 8.31. The summed E-state index contributed by atoms with van der Waals surface area (Å²) in [6, 6.07) is 3.48. The van der Waals surface area contributed by atoms with E-state index >= 15 is 0 Å². The third-order valence-corrected chi connectivity index (χ3v) is 2.20. The summed E-state index contributed by atoms with van der Waals surface area (Å²) in [6.07, 6.45) is 0.524. The predicted molar refractivity (Wildman–Crippen MR) is 59.7 cm³/mol. The highest BCUT2D eigenvalue weighted by atomic mass is 32.1. The van der Waals surface area contributed by atoms with Crippen LogP contribution < -0.4 is 10.6 Å². The Hall–Kier alpha value is -1.23. The molecule has 0 aliphatic rings. The summed E-state index contributed by atoms with van der Waals surface area (Å²) in [7, 11) is 1.71.